The number of ketones is 1. The molecular weight excluding hydrogens is 248 g/mol. The molecule has 0 unspecified atom stereocenters. The van der Waals surface area contributed by atoms with Gasteiger partial charge in [0.1, 0.15) is 5.60 Å². The Bertz CT molecular complexity index is 540. The summed E-state index contributed by atoms with van der Waals surface area (Å²) in [6, 6.07) is 1.46. The van der Waals surface area contributed by atoms with Crippen LogP contribution < -0.4 is 10.9 Å². The third kappa shape index (κ3) is 4.95. The zero-order chi connectivity index (χ0) is 14.6. The van der Waals surface area contributed by atoms with E-state index in [1.165, 1.54) is 19.2 Å². The lowest BCUT2D eigenvalue weighted by molar-refractivity contribution is 0.0523. The van der Waals surface area contributed by atoms with E-state index < -0.39 is 17.3 Å². The zero-order valence-corrected chi connectivity index (χ0v) is 11.5. The molecule has 0 aliphatic rings. The Balaban J connectivity index is 2.69. The average molecular weight is 266 g/mol. The number of carbonyl (C=O) groups excluding carboxylic acids is 2. The fourth-order valence-electron chi connectivity index (χ4n) is 1.38. The summed E-state index contributed by atoms with van der Waals surface area (Å²) in [5, 5.41) is 2.55. The Hall–Kier alpha value is -2.11. The van der Waals surface area contributed by atoms with E-state index in [1.54, 1.807) is 20.8 Å². The maximum absolute atomic E-state index is 11.4. The molecule has 0 fully saturated rings. The van der Waals surface area contributed by atoms with Crippen molar-refractivity contribution in [2.45, 2.75) is 39.8 Å². The molecule has 0 aromatic carbocycles. The predicted molar refractivity (Wildman–Crippen MR) is 70.1 cm³/mol. The second kappa shape index (κ2) is 5.69. The molecule has 1 aromatic heterocycles. The minimum atomic E-state index is -0.570. The minimum Gasteiger partial charge on any atom is -0.444 e. The normalized spacial score (nSPS) is 10.9. The van der Waals surface area contributed by atoms with E-state index in [1.807, 2.05) is 0 Å². The van der Waals surface area contributed by atoms with Gasteiger partial charge in [-0.2, -0.15) is 0 Å². The summed E-state index contributed by atoms with van der Waals surface area (Å²) in [5.41, 5.74) is -0.313. The topological polar surface area (TPSA) is 88.3 Å². The van der Waals surface area contributed by atoms with Crippen molar-refractivity contribution in [1.29, 1.82) is 0 Å². The quantitative estimate of drug-likeness (QED) is 0.813. The predicted octanol–water partition coefficient (Wildman–Crippen LogP) is 1.60. The lowest BCUT2D eigenvalue weighted by Crippen LogP contribution is -2.32. The lowest BCUT2D eigenvalue weighted by Gasteiger charge is -2.19. The Morgan fingerprint density at radius 1 is 1.37 bits per heavy atom. The van der Waals surface area contributed by atoms with E-state index in [4.69, 9.17) is 4.74 Å². The molecule has 0 saturated heterocycles. The molecule has 0 atom stereocenters. The Morgan fingerprint density at radius 2 is 2.00 bits per heavy atom. The lowest BCUT2D eigenvalue weighted by atomic mass is 10.1. The van der Waals surface area contributed by atoms with Crippen LogP contribution in [0, 0.1) is 0 Å². The van der Waals surface area contributed by atoms with Crippen LogP contribution in [0.4, 0.5) is 4.79 Å². The molecule has 0 bridgehead atoms. The summed E-state index contributed by atoms with van der Waals surface area (Å²) in [4.78, 5) is 36.5. The first kappa shape index (κ1) is 14.9. The number of aromatic amines is 1. The molecule has 1 aromatic rings. The van der Waals surface area contributed by atoms with Gasteiger partial charge in [0.05, 0.1) is 5.56 Å². The first-order valence-corrected chi connectivity index (χ1v) is 5.88. The van der Waals surface area contributed by atoms with Crippen molar-refractivity contribution in [2.75, 3.05) is 0 Å². The summed E-state index contributed by atoms with van der Waals surface area (Å²) >= 11 is 0. The van der Waals surface area contributed by atoms with Gasteiger partial charge in [0, 0.05) is 12.7 Å². The number of amides is 1. The molecular formula is C13H18N2O4. The first-order chi connectivity index (χ1) is 8.69. The van der Waals surface area contributed by atoms with Gasteiger partial charge < -0.3 is 15.0 Å². The van der Waals surface area contributed by atoms with E-state index in [2.05, 4.69) is 10.3 Å². The second-order valence-corrected chi connectivity index (χ2v) is 5.16. The highest BCUT2D eigenvalue weighted by Crippen LogP contribution is 2.07. The van der Waals surface area contributed by atoms with E-state index in [9.17, 15) is 14.4 Å². The Labute approximate surface area is 111 Å². The number of hydrogen-bond acceptors (Lipinski definition) is 4. The molecule has 2 N–H and O–H groups in total. The van der Waals surface area contributed by atoms with Crippen LogP contribution in [0.25, 0.3) is 0 Å². The van der Waals surface area contributed by atoms with Crippen LogP contribution in [0.1, 0.15) is 43.6 Å². The minimum absolute atomic E-state index is 0.0727. The highest BCUT2D eigenvalue weighted by Gasteiger charge is 2.16. The largest absolute Gasteiger partial charge is 0.444 e. The monoisotopic (exact) mass is 266 g/mol. The van der Waals surface area contributed by atoms with E-state index in [0.717, 1.165) is 0 Å². The van der Waals surface area contributed by atoms with E-state index >= 15 is 0 Å². The third-order valence-corrected chi connectivity index (χ3v) is 2.18. The van der Waals surface area contributed by atoms with Crippen LogP contribution in [-0.4, -0.2) is 22.5 Å². The number of hydrogen-bond donors (Lipinski definition) is 2. The smallest absolute Gasteiger partial charge is 0.407 e. The number of ether oxygens (including phenoxy) is 1. The molecule has 0 aliphatic carbocycles. The maximum Gasteiger partial charge on any atom is 0.407 e. The SMILES string of the molecule is CC(=O)c1cc(CNC(=O)OC(C)(C)C)c[nH]c1=O. The van der Waals surface area contributed by atoms with Gasteiger partial charge in [-0.25, -0.2) is 4.79 Å². The van der Waals surface area contributed by atoms with Crippen molar-refractivity contribution in [1.82, 2.24) is 10.3 Å². The van der Waals surface area contributed by atoms with Gasteiger partial charge in [-0.05, 0) is 39.3 Å². The van der Waals surface area contributed by atoms with Gasteiger partial charge in [-0.1, -0.05) is 0 Å². The van der Waals surface area contributed by atoms with Crippen LogP contribution in [0.5, 0.6) is 0 Å². The fraction of sp³-hybridized carbons (Fsp3) is 0.462. The summed E-state index contributed by atoms with van der Waals surface area (Å²) in [6.45, 7) is 6.78. The summed E-state index contributed by atoms with van der Waals surface area (Å²) < 4.78 is 5.07. The molecule has 6 nitrogen and oxygen atoms in total. The van der Waals surface area contributed by atoms with Crippen LogP contribution >= 0.6 is 0 Å². The van der Waals surface area contributed by atoms with Gasteiger partial charge >= 0.3 is 6.09 Å². The number of Topliss-reactive ketones (excluding diaryl/α,β-unsaturated/α-hetero) is 1. The maximum atomic E-state index is 11.4. The van der Waals surface area contributed by atoms with Crippen molar-refractivity contribution >= 4 is 11.9 Å². The molecule has 0 aliphatic heterocycles. The molecule has 0 spiro atoms. The fourth-order valence-corrected chi connectivity index (χ4v) is 1.38. The van der Waals surface area contributed by atoms with Crippen molar-refractivity contribution in [3.05, 3.63) is 33.7 Å². The number of carbonyl (C=O) groups is 2. The number of nitrogens with one attached hydrogen (secondary N) is 2. The van der Waals surface area contributed by atoms with Gasteiger partial charge in [0.2, 0.25) is 0 Å². The number of alkyl carbamates (subject to hydrolysis) is 1. The van der Waals surface area contributed by atoms with Gasteiger partial charge in [0.15, 0.2) is 5.78 Å². The highest BCUT2D eigenvalue weighted by molar-refractivity contribution is 5.93. The van der Waals surface area contributed by atoms with Crippen LogP contribution in [0.15, 0.2) is 17.1 Å². The molecule has 0 saturated carbocycles. The van der Waals surface area contributed by atoms with Crippen LogP contribution in [-0.2, 0) is 11.3 Å². The summed E-state index contributed by atoms with van der Waals surface area (Å²) in [6.07, 6.45) is 0.898. The number of pyridine rings is 1. The first-order valence-electron chi connectivity index (χ1n) is 5.88. The number of H-pyrrole nitrogens is 1. The van der Waals surface area contributed by atoms with Gasteiger partial charge in [-0.15, -0.1) is 0 Å². The molecule has 104 valence electrons. The molecule has 6 heteroatoms. The Morgan fingerprint density at radius 3 is 2.53 bits per heavy atom. The molecule has 1 amide bonds. The van der Waals surface area contributed by atoms with Crippen molar-refractivity contribution < 1.29 is 14.3 Å². The van der Waals surface area contributed by atoms with Crippen molar-refractivity contribution in [3.63, 3.8) is 0 Å². The molecule has 0 radical (unpaired) electrons. The van der Waals surface area contributed by atoms with E-state index in [-0.39, 0.29) is 17.9 Å². The van der Waals surface area contributed by atoms with Crippen LogP contribution in [0.3, 0.4) is 0 Å². The second-order valence-electron chi connectivity index (χ2n) is 5.16. The highest BCUT2D eigenvalue weighted by atomic mass is 16.6. The van der Waals surface area contributed by atoms with E-state index in [0.29, 0.717) is 5.56 Å². The zero-order valence-electron chi connectivity index (χ0n) is 11.5. The molecule has 1 heterocycles. The standard InChI is InChI=1S/C13H18N2O4/c1-8(16)10-5-9(6-14-11(10)17)7-15-12(18)19-13(2,3)4/h5-6H,7H2,1-4H3,(H,14,17)(H,15,18). The third-order valence-electron chi connectivity index (χ3n) is 2.18. The summed E-state index contributed by atoms with van der Waals surface area (Å²) in [5.74, 6) is -0.319. The molecule has 19 heavy (non-hydrogen) atoms. The van der Waals surface area contributed by atoms with Crippen molar-refractivity contribution in [3.8, 4) is 0 Å². The van der Waals surface area contributed by atoms with Crippen LogP contribution in [0.2, 0.25) is 0 Å². The molecule has 1 rings (SSSR count). The Kier molecular flexibility index (Phi) is 4.47. The van der Waals surface area contributed by atoms with Crippen molar-refractivity contribution in [2.24, 2.45) is 0 Å². The average Bonchev–Trinajstić information content (AvgIpc) is 2.25. The van der Waals surface area contributed by atoms with Gasteiger partial charge in [0.25, 0.3) is 5.56 Å². The summed E-state index contributed by atoms with van der Waals surface area (Å²) in [7, 11) is 0. The number of rotatable bonds is 3. The number of aromatic nitrogens is 1. The van der Waals surface area contributed by atoms with Gasteiger partial charge in [-0.3, -0.25) is 9.59 Å².